The number of hydrogen-bond acceptors (Lipinski definition) is 5. The van der Waals surface area contributed by atoms with Crippen molar-refractivity contribution in [3.63, 3.8) is 0 Å². The number of nitrogens with zero attached hydrogens (tertiary/aromatic N) is 2. The minimum Gasteiger partial charge on any atom is -0.477 e. The number of amides is 1. The molecular formula is C21H26FN3O3. The summed E-state index contributed by atoms with van der Waals surface area (Å²) in [4.78, 5) is 19.6. The molecule has 0 radical (unpaired) electrons. The number of aromatic nitrogens is 1. The molecule has 0 saturated carbocycles. The molecule has 1 N–H and O–H groups in total. The summed E-state index contributed by atoms with van der Waals surface area (Å²) in [5, 5.41) is 2.87. The number of carbonyl (C=O) groups excluding carboxylic acids is 1. The van der Waals surface area contributed by atoms with Crippen LogP contribution in [0.4, 0.5) is 10.2 Å². The third-order valence-corrected chi connectivity index (χ3v) is 4.71. The zero-order valence-electron chi connectivity index (χ0n) is 16.5. The maximum atomic E-state index is 13.0. The molecule has 0 aliphatic carbocycles. The minimum atomic E-state index is -0.304. The number of aryl methyl sites for hydroxylation is 1. The average Bonchev–Trinajstić information content (AvgIpc) is 2.67. The van der Waals surface area contributed by atoms with Gasteiger partial charge in [-0.3, -0.25) is 4.79 Å². The molecule has 2 heterocycles. The van der Waals surface area contributed by atoms with Crippen molar-refractivity contribution in [3.8, 4) is 5.88 Å². The number of pyridine rings is 1. The van der Waals surface area contributed by atoms with Gasteiger partial charge in [0, 0.05) is 13.1 Å². The molecule has 28 heavy (non-hydrogen) atoms. The van der Waals surface area contributed by atoms with Gasteiger partial charge in [0.05, 0.1) is 25.9 Å². The van der Waals surface area contributed by atoms with E-state index in [0.717, 1.165) is 23.5 Å². The number of rotatable bonds is 6. The van der Waals surface area contributed by atoms with Gasteiger partial charge in [0.1, 0.15) is 17.2 Å². The van der Waals surface area contributed by atoms with Gasteiger partial charge in [0.25, 0.3) is 5.91 Å². The van der Waals surface area contributed by atoms with Crippen molar-refractivity contribution in [2.24, 2.45) is 0 Å². The van der Waals surface area contributed by atoms with Crippen LogP contribution in [0.1, 0.15) is 35.3 Å². The highest BCUT2D eigenvalue weighted by atomic mass is 19.1. The molecule has 1 amide bonds. The van der Waals surface area contributed by atoms with Crippen molar-refractivity contribution in [3.05, 3.63) is 52.8 Å². The topological polar surface area (TPSA) is 63.7 Å². The van der Waals surface area contributed by atoms with E-state index in [1.54, 1.807) is 12.1 Å². The molecule has 1 aliphatic rings. The summed E-state index contributed by atoms with van der Waals surface area (Å²) in [6.07, 6.45) is 0. The van der Waals surface area contributed by atoms with Gasteiger partial charge in [0.15, 0.2) is 0 Å². The van der Waals surface area contributed by atoms with Gasteiger partial charge in [-0.1, -0.05) is 12.1 Å². The fourth-order valence-corrected chi connectivity index (χ4v) is 3.23. The lowest BCUT2D eigenvalue weighted by molar-refractivity contribution is 0.0943. The third kappa shape index (κ3) is 4.59. The predicted octanol–water partition coefficient (Wildman–Crippen LogP) is 3.08. The van der Waals surface area contributed by atoms with E-state index in [0.29, 0.717) is 37.8 Å². The van der Waals surface area contributed by atoms with E-state index >= 15 is 0 Å². The number of morpholine rings is 1. The number of anilines is 1. The largest absolute Gasteiger partial charge is 0.477 e. The molecule has 0 unspecified atom stereocenters. The van der Waals surface area contributed by atoms with E-state index in [2.05, 4.69) is 22.1 Å². The highest BCUT2D eigenvalue weighted by Gasteiger charge is 2.24. The molecule has 6 nitrogen and oxygen atoms in total. The summed E-state index contributed by atoms with van der Waals surface area (Å²) in [6.45, 7) is 8.57. The van der Waals surface area contributed by atoms with Crippen LogP contribution < -0.4 is 15.0 Å². The second-order valence-electron chi connectivity index (χ2n) is 6.84. The lowest BCUT2D eigenvalue weighted by Gasteiger charge is -2.34. The van der Waals surface area contributed by atoms with Crippen molar-refractivity contribution in [1.29, 1.82) is 0 Å². The van der Waals surface area contributed by atoms with Gasteiger partial charge in [-0.25, -0.2) is 4.39 Å². The van der Waals surface area contributed by atoms with Crippen LogP contribution in [0.15, 0.2) is 30.3 Å². The monoisotopic (exact) mass is 387 g/mol. The number of benzene rings is 1. The molecule has 1 aliphatic heterocycles. The van der Waals surface area contributed by atoms with Gasteiger partial charge < -0.3 is 19.7 Å². The maximum Gasteiger partial charge on any atom is 0.257 e. The first-order chi connectivity index (χ1) is 13.5. The summed E-state index contributed by atoms with van der Waals surface area (Å²) in [5.74, 6) is 0.542. The first-order valence-electron chi connectivity index (χ1n) is 9.51. The molecule has 2 aromatic rings. The fraction of sp³-hybridized carbons (Fsp3) is 0.429. The highest BCUT2D eigenvalue weighted by Crippen LogP contribution is 2.27. The third-order valence-electron chi connectivity index (χ3n) is 4.71. The van der Waals surface area contributed by atoms with E-state index in [1.807, 2.05) is 19.9 Å². The highest BCUT2D eigenvalue weighted by molar-refractivity contribution is 5.98. The Labute approximate surface area is 164 Å². The molecular weight excluding hydrogens is 361 g/mol. The van der Waals surface area contributed by atoms with Crippen LogP contribution in [0.3, 0.4) is 0 Å². The van der Waals surface area contributed by atoms with Crippen LogP contribution in [0.5, 0.6) is 5.88 Å². The maximum absolute atomic E-state index is 13.0. The summed E-state index contributed by atoms with van der Waals surface area (Å²) in [6, 6.07) is 8.15. The molecule has 0 bridgehead atoms. The van der Waals surface area contributed by atoms with Crippen molar-refractivity contribution < 1.29 is 18.7 Å². The molecule has 7 heteroatoms. The van der Waals surface area contributed by atoms with Gasteiger partial charge in [0.2, 0.25) is 5.88 Å². The second kappa shape index (κ2) is 9.01. The molecule has 0 spiro atoms. The average molecular weight is 387 g/mol. The normalized spacial score (nSPS) is 16.7. The first-order valence-corrected chi connectivity index (χ1v) is 9.51. The summed E-state index contributed by atoms with van der Waals surface area (Å²) in [5.41, 5.74) is 2.04. The van der Waals surface area contributed by atoms with Crippen LogP contribution in [0.2, 0.25) is 0 Å². The van der Waals surface area contributed by atoms with Crippen LogP contribution >= 0.6 is 0 Å². The zero-order valence-corrected chi connectivity index (χ0v) is 16.5. The number of halogens is 1. The Morgan fingerprint density at radius 3 is 2.82 bits per heavy atom. The summed E-state index contributed by atoms with van der Waals surface area (Å²) in [7, 11) is 0. The summed E-state index contributed by atoms with van der Waals surface area (Å²) >= 11 is 0. The molecule has 150 valence electrons. The van der Waals surface area contributed by atoms with Crippen LogP contribution in [-0.2, 0) is 11.3 Å². The van der Waals surface area contributed by atoms with Crippen molar-refractivity contribution in [2.45, 2.75) is 33.4 Å². The molecule has 3 rings (SSSR count). The van der Waals surface area contributed by atoms with E-state index in [9.17, 15) is 9.18 Å². The lowest BCUT2D eigenvalue weighted by Crippen LogP contribution is -2.44. The number of ether oxygens (including phenoxy) is 2. The van der Waals surface area contributed by atoms with Gasteiger partial charge in [-0.05, 0) is 50.1 Å². The second-order valence-corrected chi connectivity index (χ2v) is 6.84. The zero-order chi connectivity index (χ0) is 20.1. The quantitative estimate of drug-likeness (QED) is 0.825. The first kappa shape index (κ1) is 20.1. The predicted molar refractivity (Wildman–Crippen MR) is 105 cm³/mol. The Morgan fingerprint density at radius 1 is 1.39 bits per heavy atom. The standard InChI is InChI=1S/C21H26FN3O3/c1-4-28-21-19(20(26)23-12-16-5-7-17(22)8-6-16)14(2)11-18(24-21)25-9-10-27-13-15(25)3/h5-8,11,15H,4,9-10,12-13H2,1-3H3,(H,23,26)/t15-/m1/s1. The number of carbonyl (C=O) groups is 1. The fourth-order valence-electron chi connectivity index (χ4n) is 3.23. The van der Waals surface area contributed by atoms with E-state index in [1.165, 1.54) is 12.1 Å². The van der Waals surface area contributed by atoms with Crippen molar-refractivity contribution in [2.75, 3.05) is 31.3 Å². The van der Waals surface area contributed by atoms with Crippen molar-refractivity contribution >= 4 is 11.7 Å². The van der Waals surface area contributed by atoms with Crippen molar-refractivity contribution in [1.82, 2.24) is 10.3 Å². The van der Waals surface area contributed by atoms with Crippen LogP contribution in [0.25, 0.3) is 0 Å². The van der Waals surface area contributed by atoms with Gasteiger partial charge >= 0.3 is 0 Å². The van der Waals surface area contributed by atoms with Gasteiger partial charge in [-0.2, -0.15) is 4.98 Å². The SMILES string of the molecule is CCOc1nc(N2CCOC[C@H]2C)cc(C)c1C(=O)NCc1ccc(F)cc1. The Balaban J connectivity index is 1.82. The molecule has 1 saturated heterocycles. The number of nitrogens with one attached hydrogen (secondary N) is 1. The minimum absolute atomic E-state index is 0.202. The Morgan fingerprint density at radius 2 is 2.14 bits per heavy atom. The smallest absolute Gasteiger partial charge is 0.257 e. The van der Waals surface area contributed by atoms with E-state index < -0.39 is 0 Å². The van der Waals surface area contributed by atoms with Crippen LogP contribution in [0, 0.1) is 12.7 Å². The molecule has 1 aromatic heterocycles. The molecule has 1 aromatic carbocycles. The molecule has 1 atom stereocenters. The van der Waals surface area contributed by atoms with E-state index in [-0.39, 0.29) is 17.8 Å². The van der Waals surface area contributed by atoms with E-state index in [4.69, 9.17) is 9.47 Å². The Kier molecular flexibility index (Phi) is 6.46. The molecule has 1 fully saturated rings. The van der Waals surface area contributed by atoms with Gasteiger partial charge in [-0.15, -0.1) is 0 Å². The summed E-state index contributed by atoms with van der Waals surface area (Å²) < 4.78 is 24.2. The number of hydrogen-bond donors (Lipinski definition) is 1. The Bertz CT molecular complexity index is 826. The Hall–Kier alpha value is -2.67. The van der Waals surface area contributed by atoms with Crippen LogP contribution in [-0.4, -0.2) is 43.3 Å². The lowest BCUT2D eigenvalue weighted by atomic mass is 10.1.